The monoisotopic (exact) mass is 309 g/mol. The van der Waals surface area contributed by atoms with E-state index in [1.165, 1.54) is 0 Å². The van der Waals surface area contributed by atoms with Crippen LogP contribution in [0.25, 0.3) is 10.2 Å². The Morgan fingerprint density at radius 3 is 3.25 bits per heavy atom. The van der Waals surface area contributed by atoms with Crippen molar-refractivity contribution in [1.82, 2.24) is 10.3 Å². The van der Waals surface area contributed by atoms with E-state index in [1.807, 2.05) is 6.07 Å². The van der Waals surface area contributed by atoms with Crippen LogP contribution in [0.4, 0.5) is 5.69 Å². The first-order chi connectivity index (χ1) is 9.74. The lowest BCUT2D eigenvalue weighted by Crippen LogP contribution is -2.15. The minimum atomic E-state index is 0.0132. The van der Waals surface area contributed by atoms with Crippen LogP contribution in [0.15, 0.2) is 17.6 Å². The lowest BCUT2D eigenvalue weighted by atomic mass is 10.0. The molecule has 0 aliphatic carbocycles. The van der Waals surface area contributed by atoms with Gasteiger partial charge in [0.05, 0.1) is 20.9 Å². The van der Waals surface area contributed by atoms with Gasteiger partial charge in [0.15, 0.2) is 0 Å². The van der Waals surface area contributed by atoms with Crippen LogP contribution in [0.3, 0.4) is 0 Å². The van der Waals surface area contributed by atoms with Gasteiger partial charge in [-0.25, -0.2) is 4.98 Å². The van der Waals surface area contributed by atoms with Crippen LogP contribution in [0.2, 0.25) is 5.02 Å². The molecule has 6 heteroatoms. The summed E-state index contributed by atoms with van der Waals surface area (Å²) in [5.41, 5.74) is 3.18. The van der Waals surface area contributed by atoms with Gasteiger partial charge in [-0.05, 0) is 44.0 Å². The van der Waals surface area contributed by atoms with Crippen molar-refractivity contribution >= 4 is 44.7 Å². The molecular weight excluding hydrogens is 294 g/mol. The highest BCUT2D eigenvalue weighted by Crippen LogP contribution is 2.32. The molecule has 2 N–H and O–H groups in total. The molecule has 1 aliphatic heterocycles. The fraction of sp³-hybridized carbons (Fsp3) is 0.429. The zero-order valence-corrected chi connectivity index (χ0v) is 12.6. The quantitative estimate of drug-likeness (QED) is 0.911. The largest absolute Gasteiger partial charge is 0.323 e. The second-order valence-corrected chi connectivity index (χ2v) is 6.36. The number of nitrogens with zero attached hydrogens (tertiary/aromatic N) is 1. The van der Waals surface area contributed by atoms with Crippen LogP contribution in [0, 0.1) is 5.92 Å². The molecule has 2 heterocycles. The Morgan fingerprint density at radius 1 is 1.55 bits per heavy atom. The van der Waals surface area contributed by atoms with E-state index in [-0.39, 0.29) is 5.91 Å². The van der Waals surface area contributed by atoms with Gasteiger partial charge >= 0.3 is 0 Å². The van der Waals surface area contributed by atoms with E-state index in [0.29, 0.717) is 23.0 Å². The number of rotatable bonds is 4. The van der Waals surface area contributed by atoms with Crippen molar-refractivity contribution in [3.63, 3.8) is 0 Å². The number of fused-ring (bicyclic) bond motifs is 1. The molecule has 0 spiro atoms. The molecule has 106 valence electrons. The maximum Gasteiger partial charge on any atom is 0.224 e. The van der Waals surface area contributed by atoms with E-state index >= 15 is 0 Å². The highest BCUT2D eigenvalue weighted by atomic mass is 35.5. The van der Waals surface area contributed by atoms with Gasteiger partial charge in [0, 0.05) is 6.42 Å². The molecule has 1 aromatic heterocycles. The van der Waals surface area contributed by atoms with Crippen molar-refractivity contribution < 1.29 is 4.79 Å². The summed E-state index contributed by atoms with van der Waals surface area (Å²) < 4.78 is 1.03. The van der Waals surface area contributed by atoms with E-state index in [4.69, 9.17) is 11.6 Å². The fourth-order valence-corrected chi connectivity index (χ4v) is 3.41. The first-order valence-electron chi connectivity index (χ1n) is 6.76. The summed E-state index contributed by atoms with van der Waals surface area (Å²) in [6.07, 6.45) is 2.61. The molecule has 1 amide bonds. The van der Waals surface area contributed by atoms with Crippen LogP contribution in [0.1, 0.15) is 19.3 Å². The third kappa shape index (κ3) is 2.95. The molecule has 1 unspecified atom stereocenters. The normalized spacial score (nSPS) is 18.6. The zero-order chi connectivity index (χ0) is 13.9. The molecule has 1 aliphatic rings. The molecule has 0 saturated carbocycles. The van der Waals surface area contributed by atoms with E-state index in [9.17, 15) is 4.79 Å². The van der Waals surface area contributed by atoms with E-state index in [1.54, 1.807) is 22.9 Å². The number of hydrogen-bond acceptors (Lipinski definition) is 4. The van der Waals surface area contributed by atoms with Gasteiger partial charge in [0.1, 0.15) is 5.52 Å². The zero-order valence-electron chi connectivity index (χ0n) is 11.0. The van der Waals surface area contributed by atoms with Crippen molar-refractivity contribution in [3.8, 4) is 0 Å². The number of halogens is 1. The van der Waals surface area contributed by atoms with Crippen molar-refractivity contribution in [2.24, 2.45) is 5.92 Å². The molecule has 1 aromatic carbocycles. The summed E-state index contributed by atoms with van der Waals surface area (Å²) in [6, 6.07) is 3.73. The van der Waals surface area contributed by atoms with Crippen molar-refractivity contribution in [3.05, 3.63) is 22.7 Å². The molecule has 2 aromatic rings. The number of nitrogens with one attached hydrogen (secondary N) is 2. The molecular formula is C14H16ClN3OS. The third-order valence-electron chi connectivity index (χ3n) is 3.66. The molecule has 1 saturated heterocycles. The third-order valence-corrected chi connectivity index (χ3v) is 4.77. The summed E-state index contributed by atoms with van der Waals surface area (Å²) >= 11 is 7.71. The predicted molar refractivity (Wildman–Crippen MR) is 83.5 cm³/mol. The number of anilines is 1. The number of aromatic nitrogens is 1. The van der Waals surface area contributed by atoms with Crippen molar-refractivity contribution in [2.45, 2.75) is 19.3 Å². The second-order valence-electron chi connectivity index (χ2n) is 5.07. The molecule has 0 radical (unpaired) electrons. The van der Waals surface area contributed by atoms with Crippen LogP contribution in [-0.2, 0) is 4.79 Å². The number of thiazole rings is 1. The highest BCUT2D eigenvalue weighted by molar-refractivity contribution is 7.16. The summed E-state index contributed by atoms with van der Waals surface area (Å²) in [6.45, 7) is 2.09. The van der Waals surface area contributed by atoms with E-state index in [2.05, 4.69) is 15.6 Å². The summed E-state index contributed by atoms with van der Waals surface area (Å²) in [7, 11) is 0. The average molecular weight is 310 g/mol. The lowest BCUT2D eigenvalue weighted by molar-refractivity contribution is -0.116. The Balaban J connectivity index is 1.67. The number of carbonyl (C=O) groups excluding carboxylic acids is 1. The Morgan fingerprint density at radius 2 is 2.45 bits per heavy atom. The van der Waals surface area contributed by atoms with Gasteiger partial charge in [0.25, 0.3) is 0 Å². The SMILES string of the molecule is O=C(CCC1CCNC1)Nc1c(Cl)ccc2scnc12. The second kappa shape index (κ2) is 6.08. The van der Waals surface area contributed by atoms with Gasteiger partial charge in [-0.2, -0.15) is 0 Å². The lowest BCUT2D eigenvalue weighted by Gasteiger charge is -2.10. The molecule has 3 rings (SSSR count). The van der Waals surface area contributed by atoms with E-state index < -0.39 is 0 Å². The molecule has 0 bridgehead atoms. The molecule has 4 nitrogen and oxygen atoms in total. The minimum Gasteiger partial charge on any atom is -0.323 e. The Hall–Kier alpha value is -1.17. The van der Waals surface area contributed by atoms with E-state index in [0.717, 1.165) is 36.1 Å². The summed E-state index contributed by atoms with van der Waals surface area (Å²) in [5.74, 6) is 0.630. The Kier molecular flexibility index (Phi) is 4.19. The number of benzene rings is 1. The predicted octanol–water partition coefficient (Wildman–Crippen LogP) is 3.28. The standard InChI is InChI=1S/C14H16ClN3OS/c15-10-2-3-11-14(17-8-20-11)13(10)18-12(19)4-1-9-5-6-16-7-9/h2-3,8-9,16H,1,4-7H2,(H,18,19). The minimum absolute atomic E-state index is 0.0132. The number of amides is 1. The molecule has 1 atom stereocenters. The van der Waals surface area contributed by atoms with Crippen LogP contribution < -0.4 is 10.6 Å². The molecule has 1 fully saturated rings. The van der Waals surface area contributed by atoms with Crippen LogP contribution in [0.5, 0.6) is 0 Å². The van der Waals surface area contributed by atoms with Crippen molar-refractivity contribution in [1.29, 1.82) is 0 Å². The van der Waals surface area contributed by atoms with Crippen LogP contribution >= 0.6 is 22.9 Å². The Labute approximate surface area is 126 Å². The average Bonchev–Trinajstić information content (AvgIpc) is 3.10. The fourth-order valence-electron chi connectivity index (χ4n) is 2.52. The molecule has 20 heavy (non-hydrogen) atoms. The first-order valence-corrected chi connectivity index (χ1v) is 8.02. The Bertz CT molecular complexity index is 622. The smallest absolute Gasteiger partial charge is 0.224 e. The van der Waals surface area contributed by atoms with Crippen LogP contribution in [-0.4, -0.2) is 24.0 Å². The van der Waals surface area contributed by atoms with Gasteiger partial charge in [-0.3, -0.25) is 4.79 Å². The van der Waals surface area contributed by atoms with Gasteiger partial charge in [-0.1, -0.05) is 11.6 Å². The van der Waals surface area contributed by atoms with Gasteiger partial charge in [-0.15, -0.1) is 11.3 Å². The first kappa shape index (κ1) is 13.8. The maximum absolute atomic E-state index is 12.1. The van der Waals surface area contributed by atoms with Crippen molar-refractivity contribution in [2.75, 3.05) is 18.4 Å². The summed E-state index contributed by atoms with van der Waals surface area (Å²) in [4.78, 5) is 16.4. The topological polar surface area (TPSA) is 54.0 Å². The number of carbonyl (C=O) groups is 1. The van der Waals surface area contributed by atoms with Gasteiger partial charge < -0.3 is 10.6 Å². The summed E-state index contributed by atoms with van der Waals surface area (Å²) in [5, 5.41) is 6.77. The number of hydrogen-bond donors (Lipinski definition) is 2. The van der Waals surface area contributed by atoms with Gasteiger partial charge in [0.2, 0.25) is 5.91 Å². The highest BCUT2D eigenvalue weighted by Gasteiger charge is 2.17. The maximum atomic E-state index is 12.1.